The Hall–Kier alpha value is -2.91. The summed E-state index contributed by atoms with van der Waals surface area (Å²) >= 11 is 1.59. The molecule has 1 aromatic carbocycles. The van der Waals surface area contributed by atoms with Crippen molar-refractivity contribution in [3.05, 3.63) is 53.9 Å². The van der Waals surface area contributed by atoms with Gasteiger partial charge in [0, 0.05) is 36.6 Å². The van der Waals surface area contributed by atoms with Crippen LogP contribution in [-0.4, -0.2) is 45.9 Å². The standard InChI is InChI=1S/C20H21N5O3S/c1-4-28-20(26)17-13(2)24(11-23-17)10-14-5-6-16-15(9-14)25(12-27-3)18-19(29-16)22-8-7-21-18/h5-9,11H,4,10,12H2,1-3H3. The summed E-state index contributed by atoms with van der Waals surface area (Å²) in [5.41, 5.74) is 3.23. The number of ether oxygens (including phenoxy) is 2. The molecule has 0 N–H and O–H groups in total. The highest BCUT2D eigenvalue weighted by Gasteiger charge is 2.26. The van der Waals surface area contributed by atoms with Crippen molar-refractivity contribution < 1.29 is 14.3 Å². The zero-order valence-corrected chi connectivity index (χ0v) is 17.3. The van der Waals surface area contributed by atoms with E-state index in [2.05, 4.69) is 33.2 Å². The van der Waals surface area contributed by atoms with Gasteiger partial charge in [-0.2, -0.15) is 0 Å². The van der Waals surface area contributed by atoms with Crippen molar-refractivity contribution in [2.24, 2.45) is 0 Å². The Balaban J connectivity index is 1.64. The number of fused-ring (bicyclic) bond motifs is 2. The van der Waals surface area contributed by atoms with Crippen LogP contribution in [0.5, 0.6) is 0 Å². The van der Waals surface area contributed by atoms with Gasteiger partial charge >= 0.3 is 5.97 Å². The Morgan fingerprint density at radius 1 is 1.21 bits per heavy atom. The van der Waals surface area contributed by atoms with E-state index < -0.39 is 5.97 Å². The molecule has 2 aromatic heterocycles. The molecule has 3 heterocycles. The minimum atomic E-state index is -0.396. The number of rotatable bonds is 6. The van der Waals surface area contributed by atoms with Crippen molar-refractivity contribution in [1.82, 2.24) is 19.5 Å². The van der Waals surface area contributed by atoms with E-state index in [1.807, 2.05) is 16.4 Å². The predicted molar refractivity (Wildman–Crippen MR) is 109 cm³/mol. The summed E-state index contributed by atoms with van der Waals surface area (Å²) in [6, 6.07) is 6.26. The van der Waals surface area contributed by atoms with Crippen molar-refractivity contribution in [3.8, 4) is 0 Å². The molecule has 0 fully saturated rings. The van der Waals surface area contributed by atoms with Gasteiger partial charge in [0.15, 0.2) is 11.5 Å². The molecule has 0 atom stereocenters. The number of aromatic nitrogens is 4. The largest absolute Gasteiger partial charge is 0.461 e. The van der Waals surface area contributed by atoms with Crippen LogP contribution in [0.1, 0.15) is 28.7 Å². The molecular weight excluding hydrogens is 390 g/mol. The Bertz CT molecular complexity index is 1050. The lowest BCUT2D eigenvalue weighted by atomic mass is 10.1. The van der Waals surface area contributed by atoms with E-state index >= 15 is 0 Å². The first-order valence-corrected chi connectivity index (χ1v) is 10.0. The van der Waals surface area contributed by atoms with Gasteiger partial charge in [-0.05, 0) is 31.5 Å². The number of nitrogens with zero attached hydrogens (tertiary/aromatic N) is 5. The molecule has 1 aliphatic heterocycles. The summed E-state index contributed by atoms with van der Waals surface area (Å²) in [6.07, 6.45) is 5.05. The van der Waals surface area contributed by atoms with E-state index in [0.29, 0.717) is 25.6 Å². The Morgan fingerprint density at radius 3 is 2.83 bits per heavy atom. The van der Waals surface area contributed by atoms with Crippen molar-refractivity contribution >= 4 is 29.2 Å². The first-order valence-electron chi connectivity index (χ1n) is 9.19. The van der Waals surface area contributed by atoms with Crippen molar-refractivity contribution in [3.63, 3.8) is 0 Å². The maximum absolute atomic E-state index is 12.0. The fourth-order valence-electron chi connectivity index (χ4n) is 3.21. The predicted octanol–water partition coefficient (Wildman–Crippen LogP) is 3.41. The highest BCUT2D eigenvalue weighted by atomic mass is 32.2. The number of methoxy groups -OCH3 is 1. The van der Waals surface area contributed by atoms with Gasteiger partial charge in [-0.1, -0.05) is 17.8 Å². The average molecular weight is 411 g/mol. The average Bonchev–Trinajstić information content (AvgIpc) is 3.09. The third kappa shape index (κ3) is 3.70. The van der Waals surface area contributed by atoms with Crippen molar-refractivity contribution in [2.45, 2.75) is 30.3 Å². The van der Waals surface area contributed by atoms with Crippen LogP contribution < -0.4 is 4.90 Å². The minimum absolute atomic E-state index is 0.327. The quantitative estimate of drug-likeness (QED) is 0.571. The summed E-state index contributed by atoms with van der Waals surface area (Å²) in [4.78, 5) is 28.3. The molecule has 4 rings (SSSR count). The first-order chi connectivity index (χ1) is 14.1. The molecular formula is C20H21N5O3S. The van der Waals surface area contributed by atoms with Gasteiger partial charge in [0.2, 0.25) is 0 Å². The van der Waals surface area contributed by atoms with Gasteiger partial charge in [0.05, 0.1) is 18.6 Å². The molecule has 8 nitrogen and oxygen atoms in total. The lowest BCUT2D eigenvalue weighted by Gasteiger charge is -2.30. The SMILES string of the molecule is CCOC(=O)c1ncn(Cc2ccc3c(c2)N(COC)c2nccnc2S3)c1C. The minimum Gasteiger partial charge on any atom is -0.461 e. The van der Waals surface area contributed by atoms with Gasteiger partial charge in [0.1, 0.15) is 11.8 Å². The van der Waals surface area contributed by atoms with Crippen molar-refractivity contribution in [1.29, 1.82) is 0 Å². The second-order valence-corrected chi connectivity index (χ2v) is 7.49. The molecule has 3 aromatic rings. The molecule has 0 spiro atoms. The molecule has 0 saturated carbocycles. The molecule has 0 aliphatic carbocycles. The second-order valence-electron chi connectivity index (χ2n) is 6.46. The molecule has 1 aliphatic rings. The summed E-state index contributed by atoms with van der Waals surface area (Å²) in [7, 11) is 1.66. The normalized spacial score (nSPS) is 12.4. The van der Waals surface area contributed by atoms with Crippen LogP contribution in [0.3, 0.4) is 0 Å². The third-order valence-electron chi connectivity index (χ3n) is 4.60. The van der Waals surface area contributed by atoms with E-state index in [0.717, 1.165) is 32.7 Å². The Labute approximate surface area is 172 Å². The second kappa shape index (κ2) is 8.22. The molecule has 150 valence electrons. The van der Waals surface area contributed by atoms with Gasteiger partial charge in [-0.15, -0.1) is 0 Å². The number of benzene rings is 1. The first kappa shape index (κ1) is 19.4. The smallest absolute Gasteiger partial charge is 0.358 e. The molecule has 0 unspecified atom stereocenters. The number of hydrogen-bond donors (Lipinski definition) is 0. The van der Waals surface area contributed by atoms with Crippen LogP contribution in [0.2, 0.25) is 0 Å². The van der Waals surface area contributed by atoms with E-state index in [1.54, 1.807) is 44.5 Å². The maximum Gasteiger partial charge on any atom is 0.358 e. The number of esters is 1. The van der Waals surface area contributed by atoms with Gasteiger partial charge in [0.25, 0.3) is 0 Å². The van der Waals surface area contributed by atoms with Crippen LogP contribution in [0, 0.1) is 6.92 Å². The topological polar surface area (TPSA) is 82.4 Å². The molecule has 9 heteroatoms. The Kier molecular flexibility index (Phi) is 5.50. The van der Waals surface area contributed by atoms with Gasteiger partial charge in [-0.3, -0.25) is 4.90 Å². The number of carbonyl (C=O) groups excluding carboxylic acids is 1. The molecule has 0 amide bonds. The lowest BCUT2D eigenvalue weighted by molar-refractivity contribution is 0.0519. The van der Waals surface area contributed by atoms with Crippen LogP contribution in [0.4, 0.5) is 11.5 Å². The fourth-order valence-corrected chi connectivity index (χ4v) is 4.20. The van der Waals surface area contributed by atoms with Gasteiger partial charge in [-0.25, -0.2) is 19.7 Å². The van der Waals surface area contributed by atoms with Gasteiger partial charge < -0.3 is 14.0 Å². The van der Waals surface area contributed by atoms with Crippen LogP contribution in [0.15, 0.2) is 46.8 Å². The highest BCUT2D eigenvalue weighted by molar-refractivity contribution is 7.99. The number of imidazole rings is 1. The lowest BCUT2D eigenvalue weighted by Crippen LogP contribution is -2.24. The fraction of sp³-hybridized carbons (Fsp3) is 0.300. The molecule has 29 heavy (non-hydrogen) atoms. The van der Waals surface area contributed by atoms with Crippen molar-refractivity contribution in [2.75, 3.05) is 25.3 Å². The van der Waals surface area contributed by atoms with E-state index in [-0.39, 0.29) is 0 Å². The number of carbonyl (C=O) groups is 1. The summed E-state index contributed by atoms with van der Waals surface area (Å²) < 4.78 is 12.4. The monoisotopic (exact) mass is 411 g/mol. The van der Waals surface area contributed by atoms with E-state index in [1.165, 1.54) is 0 Å². The molecule has 0 radical (unpaired) electrons. The Morgan fingerprint density at radius 2 is 2.03 bits per heavy atom. The molecule has 0 saturated heterocycles. The molecule has 0 bridgehead atoms. The van der Waals surface area contributed by atoms with Crippen LogP contribution in [-0.2, 0) is 16.0 Å². The van der Waals surface area contributed by atoms with E-state index in [4.69, 9.17) is 9.47 Å². The number of hydrogen-bond acceptors (Lipinski definition) is 8. The van der Waals surface area contributed by atoms with Crippen LogP contribution >= 0.6 is 11.8 Å². The summed E-state index contributed by atoms with van der Waals surface area (Å²) in [5.74, 6) is 0.388. The summed E-state index contributed by atoms with van der Waals surface area (Å²) in [5, 5.41) is 0.856. The summed E-state index contributed by atoms with van der Waals surface area (Å²) in [6.45, 7) is 4.94. The zero-order valence-electron chi connectivity index (χ0n) is 16.5. The number of anilines is 2. The highest BCUT2D eigenvalue weighted by Crippen LogP contribution is 2.46. The third-order valence-corrected chi connectivity index (χ3v) is 5.65. The maximum atomic E-state index is 12.0. The van der Waals surface area contributed by atoms with E-state index in [9.17, 15) is 4.79 Å². The van der Waals surface area contributed by atoms with Crippen LogP contribution in [0.25, 0.3) is 0 Å². The zero-order chi connectivity index (χ0) is 20.4.